The Morgan fingerprint density at radius 3 is 1.31 bits per heavy atom. The molecule has 0 radical (unpaired) electrons. The average molecular weight is 296 g/mol. The zero-order valence-electron chi connectivity index (χ0n) is 7.61. The van der Waals surface area contributed by atoms with Crippen LogP contribution >= 0.6 is 23.0 Å². The smallest absolute Gasteiger partial charge is 0.300 e. The first kappa shape index (κ1) is 14.9. The van der Waals surface area contributed by atoms with Crippen molar-refractivity contribution in [2.24, 2.45) is 0 Å². The first-order valence-corrected chi connectivity index (χ1v) is 4.37. The molecule has 1 aromatic carbocycles. The van der Waals surface area contributed by atoms with Gasteiger partial charge in [-0.15, -0.1) is 0 Å². The van der Waals surface area contributed by atoms with Gasteiger partial charge in [0.2, 0.25) is 0 Å². The zero-order valence-corrected chi connectivity index (χ0v) is 9.76. The van der Waals surface area contributed by atoms with E-state index in [1.54, 1.807) is 30.1 Å². The van der Waals surface area contributed by atoms with Crippen molar-refractivity contribution in [1.29, 1.82) is 0 Å². The van der Waals surface area contributed by atoms with Crippen molar-refractivity contribution < 1.29 is 13.0 Å². The van der Waals surface area contributed by atoms with Crippen LogP contribution in [-0.2, 0) is 7.86 Å². The van der Waals surface area contributed by atoms with Gasteiger partial charge in [0.15, 0.2) is 0 Å². The van der Waals surface area contributed by atoms with Crippen LogP contribution in [0.5, 0.6) is 0 Å². The highest BCUT2D eigenvalue weighted by Gasteiger charge is 1.65. The fourth-order valence-electron chi connectivity index (χ4n) is 0.385. The Hall–Kier alpha value is -0.620. The van der Waals surface area contributed by atoms with Crippen LogP contribution in [-0.4, -0.2) is 18.2 Å². The van der Waals surface area contributed by atoms with Crippen LogP contribution in [0.15, 0.2) is 36.4 Å². The Balaban J connectivity index is 0. The number of rotatable bonds is 0. The van der Waals surface area contributed by atoms with Gasteiger partial charge in [-0.1, -0.05) is 36.4 Å². The van der Waals surface area contributed by atoms with E-state index in [1.165, 1.54) is 0 Å². The van der Waals surface area contributed by atoms with E-state index in [4.69, 9.17) is 9.90 Å². The number of carbonyl (C=O) groups is 1. The molecule has 0 saturated heterocycles. The van der Waals surface area contributed by atoms with Gasteiger partial charge in [-0.3, -0.25) is 4.79 Å². The standard InChI is InChI=1S/C6H6.C2H4O2.CH3IO/c1-2-4-6-5-3-1;1-2(3)4;1-3-2/h1-6H;1H3,(H,3,4);1H3. The number of hydrogen-bond acceptors (Lipinski definition) is 2. The second kappa shape index (κ2) is 13.9. The third-order valence-corrected chi connectivity index (χ3v) is 0.667. The third-order valence-electron chi connectivity index (χ3n) is 0.667. The largest absolute Gasteiger partial charge is 0.481 e. The van der Waals surface area contributed by atoms with Crippen molar-refractivity contribution in [3.63, 3.8) is 0 Å². The number of carboxylic acid groups (broad SMARTS) is 1. The minimum absolute atomic E-state index is 0.833. The molecule has 0 unspecified atom stereocenters. The minimum atomic E-state index is -0.833. The van der Waals surface area contributed by atoms with Gasteiger partial charge in [0.1, 0.15) is 23.0 Å². The molecule has 74 valence electrons. The molecular formula is C9H13IO3. The second-order valence-corrected chi connectivity index (χ2v) is 2.71. The number of aliphatic carboxylic acids is 1. The van der Waals surface area contributed by atoms with Gasteiger partial charge in [0.25, 0.3) is 5.97 Å². The lowest BCUT2D eigenvalue weighted by molar-refractivity contribution is -0.134. The van der Waals surface area contributed by atoms with E-state index in [0.29, 0.717) is 0 Å². The highest BCUT2D eigenvalue weighted by Crippen LogP contribution is 1.79. The summed E-state index contributed by atoms with van der Waals surface area (Å²) in [6, 6.07) is 12.0. The second-order valence-electron chi connectivity index (χ2n) is 1.83. The van der Waals surface area contributed by atoms with Gasteiger partial charge in [0.05, 0.1) is 0 Å². The minimum Gasteiger partial charge on any atom is -0.481 e. The molecule has 0 amide bonds. The van der Waals surface area contributed by atoms with E-state index in [0.717, 1.165) is 6.92 Å². The van der Waals surface area contributed by atoms with E-state index >= 15 is 0 Å². The SMILES string of the molecule is CC(=O)O.COI.c1ccccc1. The topological polar surface area (TPSA) is 46.5 Å². The summed E-state index contributed by atoms with van der Waals surface area (Å²) in [5, 5.41) is 7.42. The Bertz CT molecular complexity index is 159. The summed E-state index contributed by atoms with van der Waals surface area (Å²) in [5.41, 5.74) is 0. The van der Waals surface area contributed by atoms with Crippen molar-refractivity contribution >= 4 is 29.0 Å². The predicted molar refractivity (Wildman–Crippen MR) is 60.8 cm³/mol. The van der Waals surface area contributed by atoms with Gasteiger partial charge in [-0.25, -0.2) is 0 Å². The Morgan fingerprint density at radius 2 is 1.23 bits per heavy atom. The van der Waals surface area contributed by atoms with Gasteiger partial charge in [-0.2, -0.15) is 0 Å². The van der Waals surface area contributed by atoms with Crippen LogP contribution in [0.2, 0.25) is 0 Å². The van der Waals surface area contributed by atoms with E-state index in [2.05, 4.69) is 3.07 Å². The summed E-state index contributed by atoms with van der Waals surface area (Å²) in [5.74, 6) is -0.833. The molecule has 1 N–H and O–H groups in total. The molecule has 4 heteroatoms. The average Bonchev–Trinajstić information content (AvgIpc) is 2.08. The molecule has 0 fully saturated rings. The summed E-state index contributed by atoms with van der Waals surface area (Å²) in [4.78, 5) is 9.00. The van der Waals surface area contributed by atoms with Crippen LogP contribution in [0.25, 0.3) is 0 Å². The highest BCUT2D eigenvalue weighted by molar-refractivity contribution is 14.1. The van der Waals surface area contributed by atoms with Crippen LogP contribution < -0.4 is 0 Å². The number of halogens is 1. The Kier molecular flexibility index (Phi) is 16.0. The Morgan fingerprint density at radius 1 is 1.15 bits per heavy atom. The van der Waals surface area contributed by atoms with Gasteiger partial charge in [0, 0.05) is 14.0 Å². The molecule has 0 aliphatic rings. The van der Waals surface area contributed by atoms with Crippen molar-refractivity contribution in [3.8, 4) is 0 Å². The zero-order chi connectivity index (χ0) is 10.5. The molecule has 0 aliphatic heterocycles. The van der Waals surface area contributed by atoms with Gasteiger partial charge >= 0.3 is 0 Å². The molecule has 0 heterocycles. The summed E-state index contributed by atoms with van der Waals surface area (Å²) >= 11 is 1.79. The van der Waals surface area contributed by atoms with Crippen LogP contribution in [0, 0.1) is 0 Å². The lowest BCUT2D eigenvalue weighted by Crippen LogP contribution is -1.78. The Labute approximate surface area is 92.4 Å². The summed E-state index contributed by atoms with van der Waals surface area (Å²) in [6.07, 6.45) is 0. The lowest BCUT2D eigenvalue weighted by Gasteiger charge is -1.69. The van der Waals surface area contributed by atoms with Crippen molar-refractivity contribution in [2.45, 2.75) is 6.92 Å². The third kappa shape index (κ3) is 34.6. The maximum absolute atomic E-state index is 9.00. The maximum atomic E-state index is 9.00. The monoisotopic (exact) mass is 296 g/mol. The van der Waals surface area contributed by atoms with Crippen LogP contribution in [0.4, 0.5) is 0 Å². The lowest BCUT2D eigenvalue weighted by atomic mass is 10.4. The van der Waals surface area contributed by atoms with E-state index in [-0.39, 0.29) is 0 Å². The molecule has 3 nitrogen and oxygen atoms in total. The molecule has 0 aliphatic carbocycles. The van der Waals surface area contributed by atoms with Crippen LogP contribution in [0.3, 0.4) is 0 Å². The van der Waals surface area contributed by atoms with E-state index in [9.17, 15) is 0 Å². The van der Waals surface area contributed by atoms with Crippen molar-refractivity contribution in [2.75, 3.05) is 7.11 Å². The highest BCUT2D eigenvalue weighted by atomic mass is 127. The molecule has 0 atom stereocenters. The van der Waals surface area contributed by atoms with Gasteiger partial charge < -0.3 is 8.17 Å². The predicted octanol–water partition coefficient (Wildman–Crippen LogP) is 2.76. The van der Waals surface area contributed by atoms with Crippen LogP contribution in [0.1, 0.15) is 6.92 Å². The fourth-order valence-corrected chi connectivity index (χ4v) is 0.385. The summed E-state index contributed by atoms with van der Waals surface area (Å²) < 4.78 is 4.22. The molecule has 0 bridgehead atoms. The van der Waals surface area contributed by atoms with E-state index in [1.807, 2.05) is 36.4 Å². The van der Waals surface area contributed by atoms with E-state index < -0.39 is 5.97 Å². The van der Waals surface area contributed by atoms with Crippen molar-refractivity contribution in [1.82, 2.24) is 0 Å². The molecule has 0 aromatic heterocycles. The summed E-state index contributed by atoms with van der Waals surface area (Å²) in [6.45, 7) is 1.08. The first-order valence-electron chi connectivity index (χ1n) is 3.49. The molecule has 0 spiro atoms. The molecule has 13 heavy (non-hydrogen) atoms. The quantitative estimate of drug-likeness (QED) is 0.749. The fraction of sp³-hybridized carbons (Fsp3) is 0.222. The molecule has 1 rings (SSSR count). The number of carboxylic acids is 1. The van der Waals surface area contributed by atoms with Gasteiger partial charge in [-0.05, 0) is 0 Å². The number of hydrogen-bond donors (Lipinski definition) is 1. The summed E-state index contributed by atoms with van der Waals surface area (Å²) in [7, 11) is 1.61. The molecular weight excluding hydrogens is 283 g/mol. The molecule has 1 aromatic rings. The van der Waals surface area contributed by atoms with Crippen molar-refractivity contribution in [3.05, 3.63) is 36.4 Å². The first-order chi connectivity index (χ1) is 6.15. The molecule has 0 saturated carbocycles. The number of benzene rings is 1. The maximum Gasteiger partial charge on any atom is 0.300 e. The normalized spacial score (nSPS) is 7.00.